The lowest BCUT2D eigenvalue weighted by Gasteiger charge is -2.37. The van der Waals surface area contributed by atoms with E-state index in [2.05, 4.69) is 85.2 Å². The van der Waals surface area contributed by atoms with E-state index in [0.29, 0.717) is 0 Å². The highest BCUT2D eigenvalue weighted by atomic mass is 15.3. The van der Waals surface area contributed by atoms with Crippen molar-refractivity contribution in [3.63, 3.8) is 0 Å². The smallest absolute Gasteiger partial charge is 0.113 e. The third-order valence-corrected chi connectivity index (χ3v) is 7.40. The molecule has 0 bridgehead atoms. The second-order valence-electron chi connectivity index (χ2n) is 10.8. The molecule has 0 saturated carbocycles. The molecule has 1 aliphatic heterocycles. The Hall–Kier alpha value is -2.63. The van der Waals surface area contributed by atoms with Gasteiger partial charge in [-0.15, -0.1) is 0 Å². The number of hydrogen-bond acceptors (Lipinski definition) is 4. The lowest BCUT2D eigenvalue weighted by Crippen LogP contribution is -2.46. The van der Waals surface area contributed by atoms with Crippen LogP contribution in [0.5, 0.6) is 0 Å². The van der Waals surface area contributed by atoms with Gasteiger partial charge in [-0.1, -0.05) is 42.7 Å². The van der Waals surface area contributed by atoms with Crippen LogP contribution in [0.3, 0.4) is 0 Å². The number of benzene rings is 2. The van der Waals surface area contributed by atoms with Crippen LogP contribution in [0.15, 0.2) is 54.7 Å². The van der Waals surface area contributed by atoms with E-state index in [-0.39, 0.29) is 5.54 Å². The van der Waals surface area contributed by atoms with Crippen LogP contribution in [0.2, 0.25) is 0 Å². The lowest BCUT2D eigenvalue weighted by molar-refractivity contribution is 0.136. The Labute approximate surface area is 212 Å². The van der Waals surface area contributed by atoms with E-state index in [1.54, 1.807) is 0 Å². The second kappa shape index (κ2) is 9.79. The van der Waals surface area contributed by atoms with E-state index in [1.165, 1.54) is 33.3 Å². The number of aromatic nitrogens is 1. The minimum absolute atomic E-state index is 0.116. The summed E-state index contributed by atoms with van der Waals surface area (Å²) in [6, 6.07) is 15.0. The van der Waals surface area contributed by atoms with Crippen molar-refractivity contribution in [2.24, 2.45) is 0 Å². The number of anilines is 1. The molecule has 179 valence electrons. The first-order valence-corrected chi connectivity index (χ1v) is 12.9. The number of fused-ring (bicyclic) bond motifs is 1. The summed E-state index contributed by atoms with van der Waals surface area (Å²) in [5.41, 5.74) is 8.77. The van der Waals surface area contributed by atoms with Crippen LogP contribution in [0, 0.1) is 6.42 Å². The molecule has 1 aromatic heterocycles. The molecule has 0 unspecified atom stereocenters. The van der Waals surface area contributed by atoms with Crippen molar-refractivity contribution < 1.29 is 0 Å². The first-order valence-electron chi connectivity index (χ1n) is 12.9. The molecule has 5 heteroatoms. The van der Waals surface area contributed by atoms with Gasteiger partial charge in [0.2, 0.25) is 0 Å². The molecule has 3 aromatic rings. The number of allylic oxidation sites excluding steroid dienone is 2. The average molecular weight is 463 g/mol. The summed E-state index contributed by atoms with van der Waals surface area (Å²) in [4.78, 5) is 12.5. The Morgan fingerprint density at radius 3 is 2.34 bits per heavy atom. The van der Waals surface area contributed by atoms with Gasteiger partial charge in [-0.3, -0.25) is 14.8 Å². The molecule has 1 fully saturated rings. The molecule has 3 radical (unpaired) electrons. The van der Waals surface area contributed by atoms with E-state index in [9.17, 15) is 0 Å². The van der Waals surface area contributed by atoms with Crippen LogP contribution < -0.4 is 10.4 Å². The zero-order chi connectivity index (χ0) is 24.6. The molecular formula is C30H36BN4. The van der Waals surface area contributed by atoms with E-state index < -0.39 is 0 Å². The monoisotopic (exact) mass is 463 g/mol. The largest absolute Gasteiger partial charge is 0.369 e. The summed E-state index contributed by atoms with van der Waals surface area (Å²) in [5.74, 6) is 0. The van der Waals surface area contributed by atoms with Crippen LogP contribution in [0.4, 0.5) is 5.69 Å². The van der Waals surface area contributed by atoms with E-state index in [0.717, 1.165) is 56.8 Å². The standard InChI is InChI=1S/C30H36BN4/c1-5-35(30(2,3)4)21-24-19-23(27-7-6-14-32-29(27)28(24)22-8-9-22)20-33-15-17-34(18-16-33)26-12-10-25(31)11-13-26/h6-14,19H,5,15-18,20-21H2,1-4H3. The van der Waals surface area contributed by atoms with Crippen molar-refractivity contribution in [3.8, 4) is 0 Å². The van der Waals surface area contributed by atoms with Gasteiger partial charge in [0, 0.05) is 74.1 Å². The van der Waals surface area contributed by atoms with E-state index in [4.69, 9.17) is 12.8 Å². The van der Waals surface area contributed by atoms with Crippen LogP contribution in [0.25, 0.3) is 16.5 Å². The number of rotatable bonds is 7. The first-order chi connectivity index (χ1) is 16.8. The van der Waals surface area contributed by atoms with Crippen molar-refractivity contribution in [2.75, 3.05) is 37.6 Å². The van der Waals surface area contributed by atoms with Gasteiger partial charge in [0.1, 0.15) is 7.85 Å². The highest BCUT2D eigenvalue weighted by Gasteiger charge is 2.26. The topological polar surface area (TPSA) is 22.6 Å². The summed E-state index contributed by atoms with van der Waals surface area (Å²) in [6.45, 7) is 16.2. The quantitative estimate of drug-likeness (QED) is 0.479. The highest BCUT2D eigenvalue weighted by molar-refractivity contribution is 6.32. The van der Waals surface area contributed by atoms with Crippen LogP contribution in [-0.2, 0) is 13.1 Å². The summed E-state index contributed by atoms with van der Waals surface area (Å²) in [6.07, 6.45) is 6.38. The normalized spacial score (nSPS) is 16.7. The molecule has 35 heavy (non-hydrogen) atoms. The Morgan fingerprint density at radius 1 is 1.00 bits per heavy atom. The molecule has 0 amide bonds. The molecule has 1 saturated heterocycles. The number of piperazine rings is 1. The van der Waals surface area contributed by atoms with Gasteiger partial charge < -0.3 is 4.90 Å². The Kier molecular flexibility index (Phi) is 6.74. The average Bonchev–Trinajstić information content (AvgIpc) is 3.68. The van der Waals surface area contributed by atoms with Crippen molar-refractivity contribution in [2.45, 2.75) is 46.3 Å². The van der Waals surface area contributed by atoms with Crippen molar-refractivity contribution in [3.05, 3.63) is 77.8 Å². The summed E-state index contributed by atoms with van der Waals surface area (Å²) in [5, 5.41) is 1.28. The fraction of sp³-hybridized carbons (Fsp3) is 0.400. The van der Waals surface area contributed by atoms with Crippen LogP contribution in [0.1, 0.15) is 44.4 Å². The van der Waals surface area contributed by atoms with Gasteiger partial charge in [0.05, 0.1) is 5.52 Å². The number of hydrogen-bond donors (Lipinski definition) is 0. The number of nitrogens with zero attached hydrogens (tertiary/aromatic N) is 4. The lowest BCUT2D eigenvalue weighted by atomic mass is 9.94. The van der Waals surface area contributed by atoms with Gasteiger partial charge in [0.15, 0.2) is 0 Å². The highest BCUT2D eigenvalue weighted by Crippen LogP contribution is 2.39. The predicted octanol–water partition coefficient (Wildman–Crippen LogP) is 4.57. The third kappa shape index (κ3) is 5.31. The molecule has 0 spiro atoms. The molecule has 2 heterocycles. The van der Waals surface area contributed by atoms with E-state index >= 15 is 0 Å². The maximum absolute atomic E-state index is 5.88. The molecule has 2 aromatic carbocycles. The number of pyridine rings is 1. The second-order valence-corrected chi connectivity index (χ2v) is 10.8. The van der Waals surface area contributed by atoms with Crippen LogP contribution in [-0.4, -0.2) is 60.9 Å². The zero-order valence-corrected chi connectivity index (χ0v) is 21.6. The van der Waals surface area contributed by atoms with E-state index in [1.807, 2.05) is 18.3 Å². The summed E-state index contributed by atoms with van der Waals surface area (Å²) >= 11 is 0. The van der Waals surface area contributed by atoms with Crippen molar-refractivity contribution in [1.82, 2.24) is 14.8 Å². The molecule has 0 atom stereocenters. The molecule has 0 N–H and O–H groups in total. The van der Waals surface area contributed by atoms with Gasteiger partial charge >= 0.3 is 0 Å². The van der Waals surface area contributed by atoms with Gasteiger partial charge in [-0.2, -0.15) is 0 Å². The van der Waals surface area contributed by atoms with Crippen molar-refractivity contribution >= 4 is 35.5 Å². The van der Waals surface area contributed by atoms with Crippen molar-refractivity contribution in [1.29, 1.82) is 0 Å². The summed E-state index contributed by atoms with van der Waals surface area (Å²) < 4.78 is 0. The summed E-state index contributed by atoms with van der Waals surface area (Å²) in [7, 11) is 5.88. The molecule has 5 rings (SSSR count). The minimum atomic E-state index is 0.116. The maximum Gasteiger partial charge on any atom is 0.113 e. The third-order valence-electron chi connectivity index (χ3n) is 7.40. The fourth-order valence-corrected chi connectivity index (χ4v) is 5.28. The fourth-order valence-electron chi connectivity index (χ4n) is 5.28. The van der Waals surface area contributed by atoms with Crippen LogP contribution >= 0.6 is 0 Å². The maximum atomic E-state index is 5.88. The van der Waals surface area contributed by atoms with Gasteiger partial charge in [-0.05, 0) is 62.2 Å². The molecule has 1 aliphatic carbocycles. The Bertz CT molecular complexity index is 1220. The first kappa shape index (κ1) is 24.1. The predicted molar refractivity (Wildman–Crippen MR) is 149 cm³/mol. The zero-order valence-electron chi connectivity index (χ0n) is 21.6. The van der Waals surface area contributed by atoms with Gasteiger partial charge in [-0.25, -0.2) is 0 Å². The van der Waals surface area contributed by atoms with Gasteiger partial charge in [0.25, 0.3) is 0 Å². The molecule has 4 nitrogen and oxygen atoms in total. The SMILES string of the molecule is [B]c1ccc(N2CCN(Cc3cc(CN(CC)C(C)(C)C)c(C4=C[CH]4)c4ncccc34)CC2)cc1. The Morgan fingerprint density at radius 2 is 1.71 bits per heavy atom. The minimum Gasteiger partial charge on any atom is -0.369 e. The molecular weight excluding hydrogens is 427 g/mol. The molecule has 2 aliphatic rings. The Balaban J connectivity index is 1.41.